The average molecular weight is 247 g/mol. The molecule has 0 aliphatic carbocycles. The first-order valence-corrected chi connectivity index (χ1v) is 6.15. The summed E-state index contributed by atoms with van der Waals surface area (Å²) in [5, 5.41) is 3.30. The van der Waals surface area contributed by atoms with E-state index in [9.17, 15) is 4.39 Å². The summed E-state index contributed by atoms with van der Waals surface area (Å²) >= 11 is 0. The molecule has 0 bridgehead atoms. The first-order chi connectivity index (χ1) is 8.59. The third-order valence-corrected chi connectivity index (χ3v) is 2.97. The summed E-state index contributed by atoms with van der Waals surface area (Å²) in [6.07, 6.45) is 1.65. The molecule has 0 fully saturated rings. The molecule has 1 aromatic heterocycles. The van der Waals surface area contributed by atoms with E-state index in [4.69, 9.17) is 4.42 Å². The fraction of sp³-hybridized carbons (Fsp3) is 0.333. The molecule has 0 saturated carbocycles. The lowest BCUT2D eigenvalue weighted by molar-refractivity contribution is 0.466. The number of hydrogen-bond donors (Lipinski definition) is 1. The topological polar surface area (TPSA) is 25.2 Å². The van der Waals surface area contributed by atoms with Crippen LogP contribution in [0, 0.1) is 12.7 Å². The van der Waals surface area contributed by atoms with E-state index in [-0.39, 0.29) is 5.82 Å². The van der Waals surface area contributed by atoms with Gasteiger partial charge in [-0.3, -0.25) is 0 Å². The standard InChI is InChI=1S/C15H18FNO/c1-10(2)17-9-15-13(7-8-18-15)12-5-4-6-14(16)11(12)3/h4-8,10,17H,9H2,1-3H3. The van der Waals surface area contributed by atoms with Crippen molar-refractivity contribution in [1.29, 1.82) is 0 Å². The zero-order valence-electron chi connectivity index (χ0n) is 11.0. The quantitative estimate of drug-likeness (QED) is 0.886. The van der Waals surface area contributed by atoms with Gasteiger partial charge in [0.15, 0.2) is 0 Å². The van der Waals surface area contributed by atoms with Gasteiger partial charge in [0.2, 0.25) is 0 Å². The number of hydrogen-bond acceptors (Lipinski definition) is 2. The average Bonchev–Trinajstić information content (AvgIpc) is 2.78. The molecular formula is C15H18FNO. The maximum absolute atomic E-state index is 13.6. The van der Waals surface area contributed by atoms with Crippen molar-refractivity contribution in [2.75, 3.05) is 0 Å². The molecule has 1 heterocycles. The molecule has 1 aromatic carbocycles. The highest BCUT2D eigenvalue weighted by Crippen LogP contribution is 2.29. The Morgan fingerprint density at radius 1 is 1.22 bits per heavy atom. The van der Waals surface area contributed by atoms with E-state index in [0.29, 0.717) is 18.2 Å². The summed E-state index contributed by atoms with van der Waals surface area (Å²) in [6, 6.07) is 7.40. The highest BCUT2D eigenvalue weighted by Gasteiger charge is 2.12. The molecule has 0 amide bonds. The summed E-state index contributed by atoms with van der Waals surface area (Å²) in [5.41, 5.74) is 2.51. The molecule has 96 valence electrons. The predicted octanol–water partition coefficient (Wildman–Crippen LogP) is 3.89. The Balaban J connectivity index is 2.33. The van der Waals surface area contributed by atoms with Crippen molar-refractivity contribution in [2.24, 2.45) is 0 Å². The summed E-state index contributed by atoms with van der Waals surface area (Å²) in [4.78, 5) is 0. The second-order valence-corrected chi connectivity index (χ2v) is 4.71. The smallest absolute Gasteiger partial charge is 0.126 e. The minimum Gasteiger partial charge on any atom is -0.467 e. The Morgan fingerprint density at radius 3 is 2.72 bits per heavy atom. The van der Waals surface area contributed by atoms with Crippen LogP contribution in [-0.2, 0) is 6.54 Å². The number of halogens is 1. The monoisotopic (exact) mass is 247 g/mol. The number of nitrogens with one attached hydrogen (secondary N) is 1. The van der Waals surface area contributed by atoms with Crippen molar-refractivity contribution in [3.63, 3.8) is 0 Å². The van der Waals surface area contributed by atoms with E-state index in [1.807, 2.05) is 12.1 Å². The van der Waals surface area contributed by atoms with E-state index in [2.05, 4.69) is 19.2 Å². The second-order valence-electron chi connectivity index (χ2n) is 4.71. The third kappa shape index (κ3) is 2.62. The van der Waals surface area contributed by atoms with E-state index in [1.54, 1.807) is 19.3 Å². The summed E-state index contributed by atoms with van der Waals surface area (Å²) in [7, 11) is 0. The highest BCUT2D eigenvalue weighted by atomic mass is 19.1. The number of rotatable bonds is 4. The minimum absolute atomic E-state index is 0.184. The van der Waals surface area contributed by atoms with Crippen LogP contribution >= 0.6 is 0 Å². The Kier molecular flexibility index (Phi) is 3.82. The van der Waals surface area contributed by atoms with Gasteiger partial charge in [0, 0.05) is 11.6 Å². The molecule has 1 N–H and O–H groups in total. The van der Waals surface area contributed by atoms with Gasteiger partial charge in [-0.15, -0.1) is 0 Å². The van der Waals surface area contributed by atoms with Crippen LogP contribution in [0.5, 0.6) is 0 Å². The molecule has 2 rings (SSSR count). The van der Waals surface area contributed by atoms with Gasteiger partial charge in [-0.25, -0.2) is 4.39 Å². The second kappa shape index (κ2) is 5.36. The summed E-state index contributed by atoms with van der Waals surface area (Å²) in [6.45, 7) is 6.60. The van der Waals surface area contributed by atoms with Gasteiger partial charge in [0.05, 0.1) is 12.8 Å². The third-order valence-electron chi connectivity index (χ3n) is 2.97. The Morgan fingerprint density at radius 2 is 2.00 bits per heavy atom. The van der Waals surface area contributed by atoms with Crippen molar-refractivity contribution in [2.45, 2.75) is 33.4 Å². The van der Waals surface area contributed by atoms with Crippen molar-refractivity contribution in [1.82, 2.24) is 5.32 Å². The van der Waals surface area contributed by atoms with Crippen LogP contribution in [-0.4, -0.2) is 6.04 Å². The first-order valence-electron chi connectivity index (χ1n) is 6.15. The summed E-state index contributed by atoms with van der Waals surface area (Å²) < 4.78 is 19.1. The number of benzene rings is 1. The molecule has 2 nitrogen and oxygen atoms in total. The van der Waals surface area contributed by atoms with Gasteiger partial charge >= 0.3 is 0 Å². The molecule has 0 atom stereocenters. The van der Waals surface area contributed by atoms with Gasteiger partial charge in [-0.05, 0) is 30.2 Å². The number of furan rings is 1. The van der Waals surface area contributed by atoms with Crippen LogP contribution in [0.2, 0.25) is 0 Å². The van der Waals surface area contributed by atoms with E-state index >= 15 is 0 Å². The Bertz CT molecular complexity index is 531. The highest BCUT2D eigenvalue weighted by molar-refractivity contribution is 5.69. The largest absolute Gasteiger partial charge is 0.467 e. The normalized spacial score (nSPS) is 11.2. The maximum atomic E-state index is 13.6. The Labute approximate surface area is 107 Å². The molecular weight excluding hydrogens is 229 g/mol. The van der Waals surface area contributed by atoms with E-state index in [0.717, 1.165) is 16.9 Å². The lowest BCUT2D eigenvalue weighted by Gasteiger charge is -2.09. The van der Waals surface area contributed by atoms with Gasteiger partial charge in [0.25, 0.3) is 0 Å². The zero-order chi connectivity index (χ0) is 13.1. The van der Waals surface area contributed by atoms with E-state index < -0.39 is 0 Å². The van der Waals surface area contributed by atoms with Crippen molar-refractivity contribution >= 4 is 0 Å². The molecule has 3 heteroatoms. The maximum Gasteiger partial charge on any atom is 0.126 e. The van der Waals surface area contributed by atoms with Crippen molar-refractivity contribution in [3.8, 4) is 11.1 Å². The van der Waals surface area contributed by atoms with Gasteiger partial charge < -0.3 is 9.73 Å². The van der Waals surface area contributed by atoms with Crippen molar-refractivity contribution in [3.05, 3.63) is 47.7 Å². The lowest BCUT2D eigenvalue weighted by Crippen LogP contribution is -2.21. The van der Waals surface area contributed by atoms with Crippen LogP contribution < -0.4 is 5.32 Å². The molecule has 0 saturated heterocycles. The zero-order valence-corrected chi connectivity index (χ0v) is 11.0. The molecule has 2 aromatic rings. The molecule has 18 heavy (non-hydrogen) atoms. The van der Waals surface area contributed by atoms with E-state index in [1.165, 1.54) is 6.07 Å². The van der Waals surface area contributed by atoms with Gasteiger partial charge in [0.1, 0.15) is 11.6 Å². The molecule has 0 radical (unpaired) electrons. The fourth-order valence-corrected chi connectivity index (χ4v) is 1.91. The molecule has 0 unspecified atom stereocenters. The predicted molar refractivity (Wildman–Crippen MR) is 70.8 cm³/mol. The summed E-state index contributed by atoms with van der Waals surface area (Å²) in [5.74, 6) is 0.661. The molecule has 0 aliphatic heterocycles. The van der Waals surface area contributed by atoms with Gasteiger partial charge in [-0.2, -0.15) is 0 Å². The SMILES string of the molecule is Cc1c(F)cccc1-c1ccoc1CNC(C)C. The van der Waals surface area contributed by atoms with Crippen LogP contribution in [0.3, 0.4) is 0 Å². The van der Waals surface area contributed by atoms with Gasteiger partial charge in [-0.1, -0.05) is 26.0 Å². The molecule has 0 aliphatic rings. The lowest BCUT2D eigenvalue weighted by atomic mass is 10.0. The minimum atomic E-state index is -0.184. The first kappa shape index (κ1) is 12.8. The van der Waals surface area contributed by atoms with Crippen LogP contribution in [0.1, 0.15) is 25.2 Å². The van der Waals surface area contributed by atoms with Crippen LogP contribution in [0.15, 0.2) is 34.9 Å². The molecule has 0 spiro atoms. The Hall–Kier alpha value is -1.61. The van der Waals surface area contributed by atoms with Crippen LogP contribution in [0.4, 0.5) is 4.39 Å². The van der Waals surface area contributed by atoms with Crippen LogP contribution in [0.25, 0.3) is 11.1 Å². The van der Waals surface area contributed by atoms with Crippen molar-refractivity contribution < 1.29 is 8.81 Å². The fourth-order valence-electron chi connectivity index (χ4n) is 1.91.